The lowest BCUT2D eigenvalue weighted by molar-refractivity contribution is 0.628. The Morgan fingerprint density at radius 3 is 2.70 bits per heavy atom. The number of aryl methyl sites for hydroxylation is 1. The molecule has 0 saturated carbocycles. The second-order valence-electron chi connectivity index (χ2n) is 5.62. The van der Waals surface area contributed by atoms with E-state index in [0.29, 0.717) is 5.92 Å². The summed E-state index contributed by atoms with van der Waals surface area (Å²) in [6.45, 7) is 9.56. The standard InChI is InChI=1S/C16H22BrN3/c1-11(2)9-18-16-19-12(3)10-20(16)13(4)14-6-5-7-15(17)8-14/h5-8,10-11,13H,9H2,1-4H3,(H,18,19). The summed E-state index contributed by atoms with van der Waals surface area (Å²) < 4.78 is 3.31. The van der Waals surface area contributed by atoms with Gasteiger partial charge in [0.15, 0.2) is 0 Å². The first-order valence-electron chi connectivity index (χ1n) is 7.02. The van der Waals surface area contributed by atoms with Crippen LogP contribution >= 0.6 is 15.9 Å². The van der Waals surface area contributed by atoms with E-state index in [4.69, 9.17) is 0 Å². The van der Waals surface area contributed by atoms with Crippen molar-refractivity contribution in [2.45, 2.75) is 33.7 Å². The van der Waals surface area contributed by atoms with Crippen molar-refractivity contribution in [1.82, 2.24) is 9.55 Å². The van der Waals surface area contributed by atoms with Crippen LogP contribution in [0.5, 0.6) is 0 Å². The van der Waals surface area contributed by atoms with Gasteiger partial charge in [-0.05, 0) is 37.5 Å². The maximum absolute atomic E-state index is 4.59. The zero-order valence-electron chi connectivity index (χ0n) is 12.5. The number of rotatable bonds is 5. The minimum absolute atomic E-state index is 0.253. The van der Waals surface area contributed by atoms with E-state index in [1.165, 1.54) is 5.56 Å². The summed E-state index contributed by atoms with van der Waals surface area (Å²) in [5, 5.41) is 3.44. The van der Waals surface area contributed by atoms with Crippen LogP contribution in [0.3, 0.4) is 0 Å². The molecule has 0 saturated heterocycles. The monoisotopic (exact) mass is 335 g/mol. The van der Waals surface area contributed by atoms with E-state index in [1.807, 2.05) is 13.0 Å². The highest BCUT2D eigenvalue weighted by Gasteiger charge is 2.14. The van der Waals surface area contributed by atoms with E-state index in [-0.39, 0.29) is 6.04 Å². The predicted octanol–water partition coefficient (Wildman–Crippen LogP) is 4.63. The van der Waals surface area contributed by atoms with Gasteiger partial charge in [0, 0.05) is 17.2 Å². The number of nitrogens with zero attached hydrogens (tertiary/aromatic N) is 2. The largest absolute Gasteiger partial charge is 0.355 e. The summed E-state index contributed by atoms with van der Waals surface area (Å²) in [5.41, 5.74) is 2.31. The molecule has 0 spiro atoms. The van der Waals surface area contributed by atoms with Crippen LogP contribution in [0.15, 0.2) is 34.9 Å². The lowest BCUT2D eigenvalue weighted by Crippen LogP contribution is -2.15. The van der Waals surface area contributed by atoms with Gasteiger partial charge >= 0.3 is 0 Å². The highest BCUT2D eigenvalue weighted by Crippen LogP contribution is 2.25. The Bertz CT molecular complexity index is 575. The molecule has 4 heteroatoms. The molecule has 0 aliphatic carbocycles. The van der Waals surface area contributed by atoms with E-state index in [2.05, 4.69) is 76.0 Å². The smallest absolute Gasteiger partial charge is 0.203 e. The van der Waals surface area contributed by atoms with Crippen LogP contribution in [-0.2, 0) is 0 Å². The second-order valence-corrected chi connectivity index (χ2v) is 6.53. The molecule has 0 aliphatic heterocycles. The summed E-state index contributed by atoms with van der Waals surface area (Å²) in [6, 6.07) is 8.68. The highest BCUT2D eigenvalue weighted by atomic mass is 79.9. The summed E-state index contributed by atoms with van der Waals surface area (Å²) in [4.78, 5) is 4.59. The number of hydrogen-bond acceptors (Lipinski definition) is 2. The molecule has 0 fully saturated rings. The van der Waals surface area contributed by atoms with Crippen LogP contribution in [0.2, 0.25) is 0 Å². The number of nitrogens with one attached hydrogen (secondary N) is 1. The first-order valence-corrected chi connectivity index (χ1v) is 7.81. The fourth-order valence-corrected chi connectivity index (χ4v) is 2.58. The summed E-state index contributed by atoms with van der Waals surface area (Å²) >= 11 is 3.54. The van der Waals surface area contributed by atoms with Crippen molar-refractivity contribution in [1.29, 1.82) is 0 Å². The molecule has 1 unspecified atom stereocenters. The number of imidazole rings is 1. The molecule has 0 amide bonds. The molecule has 0 bridgehead atoms. The van der Waals surface area contributed by atoms with Crippen molar-refractivity contribution in [3.05, 3.63) is 46.2 Å². The quantitative estimate of drug-likeness (QED) is 0.863. The Morgan fingerprint density at radius 2 is 2.05 bits per heavy atom. The first-order chi connectivity index (χ1) is 9.47. The SMILES string of the molecule is Cc1cn(C(C)c2cccc(Br)c2)c(NCC(C)C)n1. The van der Waals surface area contributed by atoms with E-state index in [1.54, 1.807) is 0 Å². The number of hydrogen-bond donors (Lipinski definition) is 1. The molecule has 108 valence electrons. The lowest BCUT2D eigenvalue weighted by Gasteiger charge is -2.18. The Hall–Kier alpha value is -1.29. The fourth-order valence-electron chi connectivity index (χ4n) is 2.16. The molecule has 3 nitrogen and oxygen atoms in total. The Balaban J connectivity index is 2.27. The van der Waals surface area contributed by atoms with E-state index in [0.717, 1.165) is 22.7 Å². The van der Waals surface area contributed by atoms with Gasteiger partial charge in [0.2, 0.25) is 5.95 Å². The molecule has 1 heterocycles. The van der Waals surface area contributed by atoms with Crippen molar-refractivity contribution in [2.75, 3.05) is 11.9 Å². The molecule has 1 aromatic heterocycles. The van der Waals surface area contributed by atoms with Gasteiger partial charge < -0.3 is 9.88 Å². The predicted molar refractivity (Wildman–Crippen MR) is 88.2 cm³/mol. The van der Waals surface area contributed by atoms with Gasteiger partial charge in [0.25, 0.3) is 0 Å². The Labute approximate surface area is 129 Å². The van der Waals surface area contributed by atoms with Crippen molar-refractivity contribution >= 4 is 21.9 Å². The molecule has 2 rings (SSSR count). The third-order valence-corrected chi connectivity index (χ3v) is 3.76. The van der Waals surface area contributed by atoms with Crippen LogP contribution in [0.25, 0.3) is 0 Å². The van der Waals surface area contributed by atoms with Crippen LogP contribution in [0.1, 0.15) is 38.1 Å². The summed E-state index contributed by atoms with van der Waals surface area (Å²) in [5.74, 6) is 1.55. The minimum Gasteiger partial charge on any atom is -0.355 e. The van der Waals surface area contributed by atoms with Gasteiger partial charge in [-0.15, -0.1) is 0 Å². The third-order valence-electron chi connectivity index (χ3n) is 3.27. The molecule has 1 aromatic carbocycles. The van der Waals surface area contributed by atoms with E-state index in [9.17, 15) is 0 Å². The van der Waals surface area contributed by atoms with Gasteiger partial charge in [0.1, 0.15) is 0 Å². The Morgan fingerprint density at radius 1 is 1.30 bits per heavy atom. The van der Waals surface area contributed by atoms with Crippen LogP contribution in [0.4, 0.5) is 5.95 Å². The van der Waals surface area contributed by atoms with Crippen LogP contribution in [0, 0.1) is 12.8 Å². The third kappa shape index (κ3) is 3.63. The average Bonchev–Trinajstić information content (AvgIpc) is 2.76. The normalized spacial score (nSPS) is 12.7. The zero-order valence-corrected chi connectivity index (χ0v) is 14.1. The molecule has 1 N–H and O–H groups in total. The van der Waals surface area contributed by atoms with Crippen LogP contribution < -0.4 is 5.32 Å². The molecule has 1 atom stereocenters. The topological polar surface area (TPSA) is 29.9 Å². The molecule has 20 heavy (non-hydrogen) atoms. The molecular formula is C16H22BrN3. The maximum Gasteiger partial charge on any atom is 0.203 e. The molecular weight excluding hydrogens is 314 g/mol. The second kappa shape index (κ2) is 6.44. The number of benzene rings is 1. The zero-order chi connectivity index (χ0) is 14.7. The van der Waals surface area contributed by atoms with Crippen molar-refractivity contribution in [3.8, 4) is 0 Å². The summed E-state index contributed by atoms with van der Waals surface area (Å²) in [7, 11) is 0. The van der Waals surface area contributed by atoms with Gasteiger partial charge in [-0.1, -0.05) is 41.9 Å². The van der Waals surface area contributed by atoms with Gasteiger partial charge in [0.05, 0.1) is 11.7 Å². The molecule has 0 aliphatic rings. The van der Waals surface area contributed by atoms with E-state index < -0.39 is 0 Å². The highest BCUT2D eigenvalue weighted by molar-refractivity contribution is 9.10. The lowest BCUT2D eigenvalue weighted by atomic mass is 10.1. The fraction of sp³-hybridized carbons (Fsp3) is 0.438. The van der Waals surface area contributed by atoms with Gasteiger partial charge in [-0.3, -0.25) is 0 Å². The molecule has 2 aromatic rings. The number of halogens is 1. The van der Waals surface area contributed by atoms with Crippen molar-refractivity contribution in [3.63, 3.8) is 0 Å². The number of aromatic nitrogens is 2. The Kier molecular flexibility index (Phi) is 4.86. The number of anilines is 1. The van der Waals surface area contributed by atoms with Crippen LogP contribution in [-0.4, -0.2) is 16.1 Å². The van der Waals surface area contributed by atoms with Gasteiger partial charge in [-0.2, -0.15) is 0 Å². The van der Waals surface area contributed by atoms with E-state index >= 15 is 0 Å². The minimum atomic E-state index is 0.253. The molecule has 0 radical (unpaired) electrons. The summed E-state index contributed by atoms with van der Waals surface area (Å²) in [6.07, 6.45) is 2.11. The average molecular weight is 336 g/mol. The van der Waals surface area contributed by atoms with Crippen molar-refractivity contribution < 1.29 is 0 Å². The first kappa shape index (κ1) is 15.1. The van der Waals surface area contributed by atoms with Gasteiger partial charge in [-0.25, -0.2) is 4.98 Å². The maximum atomic E-state index is 4.59. The van der Waals surface area contributed by atoms with Crippen molar-refractivity contribution in [2.24, 2.45) is 5.92 Å².